The number of nitrogens with one attached hydrogen (secondary N) is 1. The van der Waals surface area contributed by atoms with Gasteiger partial charge in [0.1, 0.15) is 11.3 Å². The lowest BCUT2D eigenvalue weighted by Crippen LogP contribution is -2.24. The van der Waals surface area contributed by atoms with Crippen LogP contribution in [0, 0.1) is 12.3 Å². The number of hydrazone groups is 1. The minimum Gasteiger partial charge on any atom is -0.481 e. The van der Waals surface area contributed by atoms with Crippen LogP contribution in [0.25, 0.3) is 21.8 Å². The van der Waals surface area contributed by atoms with E-state index in [0.717, 1.165) is 21.9 Å². The number of carbonyl (C=O) groups is 1. The first-order valence-corrected chi connectivity index (χ1v) is 9.06. The molecule has 6 nitrogen and oxygen atoms in total. The van der Waals surface area contributed by atoms with Crippen molar-refractivity contribution in [2.45, 2.75) is 6.54 Å². The van der Waals surface area contributed by atoms with Crippen LogP contribution >= 0.6 is 0 Å². The summed E-state index contributed by atoms with van der Waals surface area (Å²) >= 11 is 0. The Morgan fingerprint density at radius 2 is 2.07 bits per heavy atom. The van der Waals surface area contributed by atoms with Crippen molar-refractivity contribution in [1.29, 1.82) is 0 Å². The predicted molar refractivity (Wildman–Crippen MR) is 114 cm³/mol. The molecular formula is C23H18N4O2. The van der Waals surface area contributed by atoms with E-state index in [4.69, 9.17) is 11.2 Å². The molecule has 0 spiro atoms. The highest BCUT2D eigenvalue weighted by molar-refractivity contribution is 5.99. The highest BCUT2D eigenvalue weighted by atomic mass is 16.5. The number of carbonyl (C=O) groups excluding carboxylic acids is 1. The number of pyridine rings is 1. The zero-order valence-corrected chi connectivity index (χ0v) is 15.6. The molecule has 1 amide bonds. The van der Waals surface area contributed by atoms with Crippen LogP contribution in [0.1, 0.15) is 5.56 Å². The van der Waals surface area contributed by atoms with E-state index >= 15 is 0 Å². The SMILES string of the molecule is C#CCn1cc(C=NNC(=O)COc2cccc3cccnc23)c2ccccc21. The lowest BCUT2D eigenvalue weighted by Gasteiger charge is -2.07. The number of hydrogen-bond donors (Lipinski definition) is 1. The van der Waals surface area contributed by atoms with Crippen LogP contribution in [-0.4, -0.2) is 28.3 Å². The zero-order chi connectivity index (χ0) is 20.1. The minimum absolute atomic E-state index is 0.161. The Hall–Kier alpha value is -4.11. The van der Waals surface area contributed by atoms with Crippen LogP contribution in [0.5, 0.6) is 5.75 Å². The van der Waals surface area contributed by atoms with Gasteiger partial charge in [-0.15, -0.1) is 6.42 Å². The van der Waals surface area contributed by atoms with Gasteiger partial charge in [0.25, 0.3) is 5.91 Å². The van der Waals surface area contributed by atoms with E-state index in [1.807, 2.05) is 59.3 Å². The Bertz CT molecular complexity index is 1250. The summed E-state index contributed by atoms with van der Waals surface area (Å²) in [4.78, 5) is 16.4. The molecule has 2 heterocycles. The summed E-state index contributed by atoms with van der Waals surface area (Å²) in [5.41, 5.74) is 5.10. The van der Waals surface area contributed by atoms with Crippen LogP contribution in [-0.2, 0) is 11.3 Å². The van der Waals surface area contributed by atoms with Crippen LogP contribution in [0.4, 0.5) is 0 Å². The standard InChI is InChI=1S/C23H18N4O2/c1-2-13-27-15-18(19-9-3-4-10-20(19)27)14-25-26-22(28)16-29-21-11-5-7-17-8-6-12-24-23(17)21/h1,3-12,14-15H,13,16H2,(H,26,28). The molecule has 0 radical (unpaired) electrons. The molecule has 4 rings (SSSR count). The molecule has 0 saturated heterocycles. The Morgan fingerprint density at radius 3 is 2.97 bits per heavy atom. The number of amides is 1. The van der Waals surface area contributed by atoms with Crippen LogP contribution < -0.4 is 10.2 Å². The normalized spacial score (nSPS) is 11.0. The van der Waals surface area contributed by atoms with E-state index in [2.05, 4.69) is 21.4 Å². The highest BCUT2D eigenvalue weighted by Crippen LogP contribution is 2.23. The number of ether oxygens (including phenoxy) is 1. The first-order valence-electron chi connectivity index (χ1n) is 9.06. The van der Waals surface area contributed by atoms with Gasteiger partial charge in [0.2, 0.25) is 0 Å². The molecule has 4 aromatic rings. The molecule has 0 bridgehead atoms. The van der Waals surface area contributed by atoms with Gasteiger partial charge < -0.3 is 9.30 Å². The van der Waals surface area contributed by atoms with E-state index in [9.17, 15) is 4.79 Å². The van der Waals surface area contributed by atoms with Gasteiger partial charge in [0, 0.05) is 34.2 Å². The number of para-hydroxylation sites is 2. The minimum atomic E-state index is -0.360. The summed E-state index contributed by atoms with van der Waals surface area (Å²) in [5.74, 6) is 2.83. The van der Waals surface area contributed by atoms with E-state index in [1.54, 1.807) is 18.5 Å². The molecule has 142 valence electrons. The molecule has 0 atom stereocenters. The van der Waals surface area contributed by atoms with Crippen LogP contribution in [0.15, 0.2) is 72.1 Å². The van der Waals surface area contributed by atoms with Gasteiger partial charge >= 0.3 is 0 Å². The topological polar surface area (TPSA) is 68.5 Å². The summed E-state index contributed by atoms with van der Waals surface area (Å²) in [5, 5.41) is 6.02. The van der Waals surface area contributed by atoms with Gasteiger partial charge in [0.15, 0.2) is 6.61 Å². The molecule has 0 aliphatic heterocycles. The number of benzene rings is 2. The lowest BCUT2D eigenvalue weighted by molar-refractivity contribution is -0.123. The van der Waals surface area contributed by atoms with Gasteiger partial charge in [0.05, 0.1) is 12.8 Å². The van der Waals surface area contributed by atoms with E-state index < -0.39 is 0 Å². The van der Waals surface area contributed by atoms with Crippen molar-refractivity contribution in [3.05, 3.63) is 72.6 Å². The van der Waals surface area contributed by atoms with Gasteiger partial charge in [-0.3, -0.25) is 9.78 Å². The number of rotatable bonds is 6. The van der Waals surface area contributed by atoms with Crippen molar-refractivity contribution in [3.8, 4) is 18.1 Å². The van der Waals surface area contributed by atoms with Gasteiger partial charge in [-0.1, -0.05) is 42.3 Å². The first-order chi connectivity index (χ1) is 14.3. The Morgan fingerprint density at radius 1 is 1.21 bits per heavy atom. The third-order valence-corrected chi connectivity index (χ3v) is 4.43. The molecule has 0 aliphatic carbocycles. The number of hydrogen-bond acceptors (Lipinski definition) is 4. The average Bonchev–Trinajstić information content (AvgIpc) is 3.10. The third-order valence-electron chi connectivity index (χ3n) is 4.43. The van der Waals surface area contributed by atoms with E-state index in [1.165, 1.54) is 0 Å². The van der Waals surface area contributed by atoms with Crippen molar-refractivity contribution in [2.75, 3.05) is 6.61 Å². The van der Waals surface area contributed by atoms with Crippen LogP contribution in [0.2, 0.25) is 0 Å². The van der Waals surface area contributed by atoms with Crippen molar-refractivity contribution >= 4 is 33.9 Å². The molecule has 2 aromatic heterocycles. The van der Waals surface area contributed by atoms with Gasteiger partial charge in [-0.05, 0) is 18.2 Å². The Balaban J connectivity index is 1.42. The second kappa shape index (κ2) is 8.28. The van der Waals surface area contributed by atoms with Crippen molar-refractivity contribution in [3.63, 3.8) is 0 Å². The maximum absolute atomic E-state index is 12.1. The predicted octanol–water partition coefficient (Wildman–Crippen LogP) is 3.35. The van der Waals surface area contributed by atoms with Crippen molar-refractivity contribution in [1.82, 2.24) is 15.0 Å². The number of fused-ring (bicyclic) bond motifs is 2. The molecule has 0 unspecified atom stereocenters. The summed E-state index contributed by atoms with van der Waals surface area (Å²) in [6.07, 6.45) is 10.6. The monoisotopic (exact) mass is 382 g/mol. The van der Waals surface area contributed by atoms with Crippen molar-refractivity contribution in [2.24, 2.45) is 5.10 Å². The third kappa shape index (κ3) is 3.94. The Labute approximate surface area is 167 Å². The van der Waals surface area contributed by atoms with E-state index in [-0.39, 0.29) is 12.5 Å². The molecule has 0 fully saturated rings. The first kappa shape index (κ1) is 18.3. The largest absolute Gasteiger partial charge is 0.481 e. The maximum Gasteiger partial charge on any atom is 0.277 e. The van der Waals surface area contributed by atoms with Crippen molar-refractivity contribution < 1.29 is 9.53 Å². The summed E-state index contributed by atoms with van der Waals surface area (Å²) < 4.78 is 7.58. The molecule has 29 heavy (non-hydrogen) atoms. The fourth-order valence-electron chi connectivity index (χ4n) is 3.15. The number of aromatic nitrogens is 2. The van der Waals surface area contributed by atoms with Crippen LogP contribution in [0.3, 0.4) is 0 Å². The molecule has 1 N–H and O–H groups in total. The van der Waals surface area contributed by atoms with Gasteiger partial charge in [-0.2, -0.15) is 5.10 Å². The zero-order valence-electron chi connectivity index (χ0n) is 15.6. The molecule has 6 heteroatoms. The summed E-state index contributed by atoms with van der Waals surface area (Å²) in [7, 11) is 0. The average molecular weight is 382 g/mol. The Kier molecular flexibility index (Phi) is 5.21. The molecular weight excluding hydrogens is 364 g/mol. The molecule has 0 aliphatic rings. The second-order valence-electron chi connectivity index (χ2n) is 6.35. The summed E-state index contributed by atoms with van der Waals surface area (Å²) in [6, 6.07) is 17.3. The summed E-state index contributed by atoms with van der Waals surface area (Å²) in [6.45, 7) is 0.305. The smallest absolute Gasteiger partial charge is 0.277 e. The number of terminal acetylenes is 1. The lowest BCUT2D eigenvalue weighted by atomic mass is 10.2. The fraction of sp³-hybridized carbons (Fsp3) is 0.0870. The number of nitrogens with zero attached hydrogens (tertiary/aromatic N) is 3. The molecule has 2 aromatic carbocycles. The maximum atomic E-state index is 12.1. The van der Waals surface area contributed by atoms with E-state index in [0.29, 0.717) is 17.8 Å². The second-order valence-corrected chi connectivity index (χ2v) is 6.35. The molecule has 0 saturated carbocycles. The highest BCUT2D eigenvalue weighted by Gasteiger charge is 2.07. The van der Waals surface area contributed by atoms with Gasteiger partial charge in [-0.25, -0.2) is 5.43 Å². The fourth-order valence-corrected chi connectivity index (χ4v) is 3.15. The quantitative estimate of drug-likeness (QED) is 0.316.